The van der Waals surface area contributed by atoms with Crippen LogP contribution in [0.3, 0.4) is 0 Å². The second-order valence-electron chi connectivity index (χ2n) is 4.74. The van der Waals surface area contributed by atoms with Gasteiger partial charge in [0.2, 0.25) is 0 Å². The van der Waals surface area contributed by atoms with E-state index < -0.39 is 5.97 Å². The molecule has 2 aromatic rings. The van der Waals surface area contributed by atoms with E-state index >= 15 is 0 Å². The number of anilines is 1. The molecule has 1 heterocycles. The fraction of sp³-hybridized carbons (Fsp3) is 0.333. The van der Waals surface area contributed by atoms with Gasteiger partial charge in [-0.25, -0.2) is 4.79 Å². The van der Waals surface area contributed by atoms with Crippen molar-refractivity contribution < 1.29 is 14.6 Å². The fourth-order valence-electron chi connectivity index (χ4n) is 2.06. The molecule has 0 aliphatic heterocycles. The van der Waals surface area contributed by atoms with Gasteiger partial charge in [0.25, 0.3) is 0 Å². The van der Waals surface area contributed by atoms with Gasteiger partial charge in [-0.3, -0.25) is 4.68 Å². The summed E-state index contributed by atoms with van der Waals surface area (Å²) in [6, 6.07) is 7.19. The second kappa shape index (κ2) is 6.41. The monoisotopic (exact) mass is 289 g/mol. The molecule has 21 heavy (non-hydrogen) atoms. The smallest absolute Gasteiger partial charge is 0.359 e. The number of aliphatic hydroxyl groups excluding tert-OH is 1. The minimum atomic E-state index is -0.492. The van der Waals surface area contributed by atoms with Crippen LogP contribution >= 0.6 is 0 Å². The Balaban J connectivity index is 2.06. The van der Waals surface area contributed by atoms with Gasteiger partial charge in [0.05, 0.1) is 18.0 Å². The summed E-state index contributed by atoms with van der Waals surface area (Å²) in [6.07, 6.45) is 0.662. The first-order valence-corrected chi connectivity index (χ1v) is 6.74. The molecule has 0 saturated carbocycles. The number of nitrogens with two attached hydrogens (primary N) is 1. The van der Waals surface area contributed by atoms with Crippen molar-refractivity contribution in [3.63, 3.8) is 0 Å². The van der Waals surface area contributed by atoms with E-state index in [1.165, 1.54) is 4.68 Å². The predicted molar refractivity (Wildman–Crippen MR) is 78.5 cm³/mol. The van der Waals surface area contributed by atoms with Gasteiger partial charge >= 0.3 is 5.97 Å². The topological polar surface area (TPSA) is 90.4 Å². The van der Waals surface area contributed by atoms with Crippen LogP contribution in [0.25, 0.3) is 0 Å². The number of aliphatic hydroxyl groups is 1. The van der Waals surface area contributed by atoms with E-state index in [1.54, 1.807) is 19.2 Å². The van der Waals surface area contributed by atoms with Crippen LogP contribution in [0.4, 0.5) is 5.69 Å². The molecule has 3 N–H and O–H groups in total. The van der Waals surface area contributed by atoms with Gasteiger partial charge in [0, 0.05) is 7.05 Å². The molecule has 0 aliphatic rings. The van der Waals surface area contributed by atoms with Gasteiger partial charge in [-0.1, -0.05) is 31.2 Å². The lowest BCUT2D eigenvalue weighted by atomic mass is 10.1. The summed E-state index contributed by atoms with van der Waals surface area (Å²) in [7, 11) is 1.67. The minimum Gasteiger partial charge on any atom is -0.456 e. The number of aryl methyl sites for hydroxylation is 2. The van der Waals surface area contributed by atoms with Crippen molar-refractivity contribution >= 4 is 11.7 Å². The standard InChI is InChI=1S/C15H19N3O3/c1-3-12-13(16)14(18(2)17-12)15(20)21-9-11-6-4-10(8-19)5-7-11/h4-7,19H,3,8-9,16H2,1-2H3. The van der Waals surface area contributed by atoms with Crippen molar-refractivity contribution in [2.24, 2.45) is 7.05 Å². The first-order valence-electron chi connectivity index (χ1n) is 6.74. The van der Waals surface area contributed by atoms with E-state index in [2.05, 4.69) is 5.10 Å². The van der Waals surface area contributed by atoms with Crippen molar-refractivity contribution in [1.82, 2.24) is 9.78 Å². The third-order valence-corrected chi connectivity index (χ3v) is 3.26. The molecule has 0 radical (unpaired) electrons. The summed E-state index contributed by atoms with van der Waals surface area (Å²) in [5.41, 5.74) is 8.91. The fourth-order valence-corrected chi connectivity index (χ4v) is 2.06. The molecule has 1 aromatic heterocycles. The summed E-state index contributed by atoms with van der Waals surface area (Å²) < 4.78 is 6.71. The Kier molecular flexibility index (Phi) is 4.59. The van der Waals surface area contributed by atoms with Crippen molar-refractivity contribution in [3.05, 3.63) is 46.8 Å². The molecule has 1 aromatic carbocycles. The number of ether oxygens (including phenoxy) is 1. The summed E-state index contributed by atoms with van der Waals surface area (Å²) >= 11 is 0. The number of rotatable bonds is 5. The van der Waals surface area contributed by atoms with E-state index in [0.29, 0.717) is 17.8 Å². The van der Waals surface area contributed by atoms with Gasteiger partial charge in [0.15, 0.2) is 5.69 Å². The molecular formula is C15H19N3O3. The molecule has 0 aliphatic carbocycles. The van der Waals surface area contributed by atoms with Crippen LogP contribution < -0.4 is 5.73 Å². The SMILES string of the molecule is CCc1nn(C)c(C(=O)OCc2ccc(CO)cc2)c1N. The summed E-state index contributed by atoms with van der Waals surface area (Å²) in [6.45, 7) is 2.07. The highest BCUT2D eigenvalue weighted by Gasteiger charge is 2.20. The van der Waals surface area contributed by atoms with E-state index in [4.69, 9.17) is 15.6 Å². The number of hydrogen-bond acceptors (Lipinski definition) is 5. The molecular weight excluding hydrogens is 270 g/mol. The van der Waals surface area contributed by atoms with E-state index in [9.17, 15) is 4.79 Å². The second-order valence-corrected chi connectivity index (χ2v) is 4.74. The number of esters is 1. The summed E-state index contributed by atoms with van der Waals surface area (Å²) in [4.78, 5) is 12.1. The Morgan fingerprint density at radius 1 is 1.33 bits per heavy atom. The quantitative estimate of drug-likeness (QED) is 0.812. The third-order valence-electron chi connectivity index (χ3n) is 3.26. The Morgan fingerprint density at radius 2 is 1.95 bits per heavy atom. The number of carbonyl (C=O) groups excluding carboxylic acids is 1. The first-order chi connectivity index (χ1) is 10.1. The van der Waals surface area contributed by atoms with Crippen LogP contribution in [0.2, 0.25) is 0 Å². The number of nitrogen functional groups attached to an aromatic ring is 1. The van der Waals surface area contributed by atoms with Crippen LogP contribution in [0.15, 0.2) is 24.3 Å². The molecule has 0 unspecified atom stereocenters. The molecule has 0 saturated heterocycles. The van der Waals surface area contributed by atoms with Gasteiger partial charge in [-0.15, -0.1) is 0 Å². The molecule has 0 fully saturated rings. The number of hydrogen-bond donors (Lipinski definition) is 2. The third kappa shape index (κ3) is 3.22. The Hall–Kier alpha value is -2.34. The largest absolute Gasteiger partial charge is 0.456 e. The first kappa shape index (κ1) is 15.1. The normalized spacial score (nSPS) is 10.6. The zero-order chi connectivity index (χ0) is 15.4. The highest BCUT2D eigenvalue weighted by atomic mass is 16.5. The Labute approximate surface area is 123 Å². The van der Waals surface area contributed by atoms with Crippen LogP contribution in [0.5, 0.6) is 0 Å². The van der Waals surface area contributed by atoms with Crippen molar-refractivity contribution in [2.75, 3.05) is 5.73 Å². The molecule has 0 spiro atoms. The van der Waals surface area contributed by atoms with Gasteiger partial charge in [-0.2, -0.15) is 5.10 Å². The maximum Gasteiger partial charge on any atom is 0.359 e. The van der Waals surface area contributed by atoms with Crippen LogP contribution in [-0.2, 0) is 31.4 Å². The Bertz CT molecular complexity index is 632. The maximum absolute atomic E-state index is 12.1. The van der Waals surface area contributed by atoms with Gasteiger partial charge in [-0.05, 0) is 17.5 Å². The number of benzene rings is 1. The zero-order valence-electron chi connectivity index (χ0n) is 12.2. The molecule has 112 valence electrons. The lowest BCUT2D eigenvalue weighted by molar-refractivity contribution is 0.0461. The van der Waals surface area contributed by atoms with Crippen LogP contribution in [-0.4, -0.2) is 20.9 Å². The average Bonchev–Trinajstić information content (AvgIpc) is 2.79. The molecule has 6 heteroatoms. The summed E-state index contributed by atoms with van der Waals surface area (Å²) in [5.74, 6) is -0.492. The van der Waals surface area contributed by atoms with Crippen LogP contribution in [0, 0.1) is 0 Å². The molecule has 6 nitrogen and oxygen atoms in total. The van der Waals surface area contributed by atoms with E-state index in [1.807, 2.05) is 19.1 Å². The van der Waals surface area contributed by atoms with E-state index in [-0.39, 0.29) is 18.9 Å². The number of carbonyl (C=O) groups is 1. The van der Waals surface area contributed by atoms with Crippen molar-refractivity contribution in [2.45, 2.75) is 26.6 Å². The minimum absolute atomic E-state index is 0.00852. The Morgan fingerprint density at radius 3 is 2.48 bits per heavy atom. The van der Waals surface area contributed by atoms with Crippen molar-refractivity contribution in [3.8, 4) is 0 Å². The number of aromatic nitrogens is 2. The van der Waals surface area contributed by atoms with Gasteiger partial charge < -0.3 is 15.6 Å². The molecule has 0 bridgehead atoms. The average molecular weight is 289 g/mol. The maximum atomic E-state index is 12.1. The lowest BCUT2D eigenvalue weighted by Gasteiger charge is -2.06. The highest BCUT2D eigenvalue weighted by molar-refractivity contribution is 5.93. The molecule has 2 rings (SSSR count). The van der Waals surface area contributed by atoms with E-state index in [0.717, 1.165) is 11.1 Å². The van der Waals surface area contributed by atoms with Gasteiger partial charge in [0.1, 0.15) is 6.61 Å². The number of nitrogens with zero attached hydrogens (tertiary/aromatic N) is 2. The molecule has 0 amide bonds. The summed E-state index contributed by atoms with van der Waals surface area (Å²) in [5, 5.41) is 13.2. The lowest BCUT2D eigenvalue weighted by Crippen LogP contribution is -2.12. The predicted octanol–water partition coefficient (Wildman–Crippen LogP) is 1.41. The van der Waals surface area contributed by atoms with Crippen molar-refractivity contribution in [1.29, 1.82) is 0 Å². The highest BCUT2D eigenvalue weighted by Crippen LogP contribution is 2.18. The zero-order valence-corrected chi connectivity index (χ0v) is 12.2. The van der Waals surface area contributed by atoms with Crippen LogP contribution in [0.1, 0.15) is 34.2 Å². The molecule has 0 atom stereocenters.